The van der Waals surface area contributed by atoms with Gasteiger partial charge in [-0.2, -0.15) is 10.5 Å². The van der Waals surface area contributed by atoms with Crippen LogP contribution < -0.4 is 0 Å². The summed E-state index contributed by atoms with van der Waals surface area (Å²) in [4.78, 5) is 0. The molecule has 0 fully saturated rings. The predicted molar refractivity (Wildman–Crippen MR) is 110 cm³/mol. The van der Waals surface area contributed by atoms with Crippen molar-refractivity contribution in [2.24, 2.45) is 0 Å². The Morgan fingerprint density at radius 2 is 1.57 bits per heavy atom. The Hall–Kier alpha value is -3.82. The van der Waals surface area contributed by atoms with Crippen LogP contribution in [-0.4, -0.2) is 0 Å². The number of rotatable bonds is 5. The zero-order chi connectivity index (χ0) is 19.8. The van der Waals surface area contributed by atoms with Gasteiger partial charge < -0.3 is 4.74 Å². The molecule has 2 aromatic carbocycles. The van der Waals surface area contributed by atoms with Gasteiger partial charge in [0.1, 0.15) is 29.2 Å². The summed E-state index contributed by atoms with van der Waals surface area (Å²) in [7, 11) is 0. The zero-order valence-corrected chi connectivity index (χ0v) is 15.7. The highest BCUT2D eigenvalue weighted by atomic mass is 16.5. The highest BCUT2D eigenvalue weighted by Gasteiger charge is 2.16. The van der Waals surface area contributed by atoms with Crippen molar-refractivity contribution in [3.05, 3.63) is 113 Å². The topological polar surface area (TPSA) is 56.8 Å². The Kier molecular flexibility index (Phi) is 6.24. The van der Waals surface area contributed by atoms with Crippen LogP contribution in [-0.2, 0) is 4.74 Å². The molecule has 0 radical (unpaired) electrons. The lowest BCUT2D eigenvalue weighted by molar-refractivity contribution is 0.294. The highest BCUT2D eigenvalue weighted by Crippen LogP contribution is 2.30. The predicted octanol–water partition coefficient (Wildman–Crippen LogP) is 6.04. The summed E-state index contributed by atoms with van der Waals surface area (Å²) in [6.45, 7) is 2.14. The van der Waals surface area contributed by atoms with Crippen LogP contribution in [0, 0.1) is 22.7 Å². The summed E-state index contributed by atoms with van der Waals surface area (Å²) >= 11 is 0. The monoisotopic (exact) mass is 364 g/mol. The van der Waals surface area contributed by atoms with Crippen molar-refractivity contribution in [1.82, 2.24) is 0 Å². The molecule has 1 aliphatic rings. The number of nitriles is 2. The van der Waals surface area contributed by atoms with Gasteiger partial charge in [-0.3, -0.25) is 0 Å². The average Bonchev–Trinajstić information content (AvgIpc) is 2.74. The standard InChI is InChI=1S/C25H20N2O/c1-19(21-10-6-3-7-11-21)14-25-16-22(23(17-26)18-27)15-24(28-25)13-12-20-8-4-2-5-9-20/h2-13,15-16,19H,14H2,1H3/b13-12+. The van der Waals surface area contributed by atoms with Gasteiger partial charge in [-0.1, -0.05) is 73.7 Å². The van der Waals surface area contributed by atoms with Gasteiger partial charge in [-0.15, -0.1) is 0 Å². The molecule has 1 aliphatic heterocycles. The summed E-state index contributed by atoms with van der Waals surface area (Å²) in [5.41, 5.74) is 2.93. The maximum Gasteiger partial charge on any atom is 0.137 e. The maximum atomic E-state index is 9.27. The molecule has 0 spiro atoms. The molecule has 1 atom stereocenters. The lowest BCUT2D eigenvalue weighted by Gasteiger charge is -2.20. The van der Waals surface area contributed by atoms with E-state index in [0.717, 1.165) is 11.3 Å². The number of hydrogen-bond donors (Lipinski definition) is 0. The van der Waals surface area contributed by atoms with Crippen LogP contribution >= 0.6 is 0 Å². The lowest BCUT2D eigenvalue weighted by atomic mass is 9.95. The minimum Gasteiger partial charge on any atom is -0.462 e. The Labute approximate surface area is 165 Å². The van der Waals surface area contributed by atoms with E-state index in [9.17, 15) is 10.5 Å². The van der Waals surface area contributed by atoms with Crippen LogP contribution in [0.3, 0.4) is 0 Å². The van der Waals surface area contributed by atoms with Crippen LogP contribution in [0.25, 0.3) is 6.08 Å². The van der Waals surface area contributed by atoms with E-state index in [2.05, 4.69) is 19.1 Å². The van der Waals surface area contributed by atoms with Gasteiger partial charge in [0.05, 0.1) is 0 Å². The molecule has 1 unspecified atom stereocenters. The van der Waals surface area contributed by atoms with Gasteiger partial charge >= 0.3 is 0 Å². The van der Waals surface area contributed by atoms with E-state index in [0.29, 0.717) is 17.8 Å². The molecule has 0 aliphatic carbocycles. The van der Waals surface area contributed by atoms with E-state index >= 15 is 0 Å². The van der Waals surface area contributed by atoms with Crippen LogP contribution in [0.5, 0.6) is 0 Å². The molecule has 3 rings (SSSR count). The summed E-state index contributed by atoms with van der Waals surface area (Å²) in [6.07, 6.45) is 8.01. The average molecular weight is 364 g/mol. The second-order valence-corrected chi connectivity index (χ2v) is 6.57. The van der Waals surface area contributed by atoms with Gasteiger partial charge in [0.2, 0.25) is 0 Å². The number of ether oxygens (including phenoxy) is 1. The van der Waals surface area contributed by atoms with E-state index < -0.39 is 0 Å². The Morgan fingerprint density at radius 1 is 0.929 bits per heavy atom. The first-order valence-corrected chi connectivity index (χ1v) is 9.12. The van der Waals surface area contributed by atoms with Crippen molar-refractivity contribution in [1.29, 1.82) is 10.5 Å². The Morgan fingerprint density at radius 3 is 2.21 bits per heavy atom. The van der Waals surface area contributed by atoms with Crippen molar-refractivity contribution in [2.75, 3.05) is 0 Å². The van der Waals surface area contributed by atoms with Crippen molar-refractivity contribution < 1.29 is 4.74 Å². The molecular weight excluding hydrogens is 344 g/mol. The first kappa shape index (κ1) is 19.0. The quantitative estimate of drug-likeness (QED) is 0.608. The maximum absolute atomic E-state index is 9.27. The third-order valence-electron chi connectivity index (χ3n) is 4.49. The highest BCUT2D eigenvalue weighted by molar-refractivity contribution is 5.57. The SMILES string of the molecule is CC(CC1=CC(=C(C#N)C#N)C=C(/C=C/c2ccccc2)O1)c1ccccc1. The van der Waals surface area contributed by atoms with Gasteiger partial charge in [-0.05, 0) is 35.3 Å². The zero-order valence-electron chi connectivity index (χ0n) is 15.7. The molecule has 0 amide bonds. The summed E-state index contributed by atoms with van der Waals surface area (Å²) in [5.74, 6) is 1.60. The summed E-state index contributed by atoms with van der Waals surface area (Å²) < 4.78 is 6.05. The van der Waals surface area contributed by atoms with Crippen molar-refractivity contribution in [3.8, 4) is 12.1 Å². The minimum absolute atomic E-state index is 0.0822. The minimum atomic E-state index is 0.0822. The molecule has 0 bridgehead atoms. The van der Waals surface area contributed by atoms with Gasteiger partial charge in [-0.25, -0.2) is 0 Å². The molecule has 0 saturated heterocycles. The van der Waals surface area contributed by atoms with Crippen LogP contribution in [0.2, 0.25) is 0 Å². The van der Waals surface area contributed by atoms with E-state index in [1.165, 1.54) is 5.56 Å². The van der Waals surface area contributed by atoms with E-state index in [1.54, 1.807) is 12.2 Å². The number of nitrogens with zero attached hydrogens (tertiary/aromatic N) is 2. The largest absolute Gasteiger partial charge is 0.462 e. The fourth-order valence-electron chi connectivity index (χ4n) is 3.00. The molecule has 2 aromatic rings. The molecule has 0 N–H and O–H groups in total. The molecular formula is C25H20N2O. The molecule has 1 heterocycles. The number of benzene rings is 2. The third-order valence-corrected chi connectivity index (χ3v) is 4.49. The Bertz CT molecular complexity index is 1010. The fraction of sp³-hybridized carbons (Fsp3) is 0.120. The van der Waals surface area contributed by atoms with Crippen LogP contribution in [0.1, 0.15) is 30.4 Å². The summed E-state index contributed by atoms with van der Waals surface area (Å²) in [5, 5.41) is 18.5. The van der Waals surface area contributed by atoms with Crippen molar-refractivity contribution >= 4 is 6.08 Å². The smallest absolute Gasteiger partial charge is 0.137 e. The van der Waals surface area contributed by atoms with E-state index in [-0.39, 0.29) is 11.5 Å². The number of hydrogen-bond acceptors (Lipinski definition) is 3. The fourth-order valence-corrected chi connectivity index (χ4v) is 3.00. The van der Waals surface area contributed by atoms with Crippen molar-refractivity contribution in [3.63, 3.8) is 0 Å². The van der Waals surface area contributed by atoms with Gasteiger partial charge in [0, 0.05) is 12.0 Å². The van der Waals surface area contributed by atoms with Gasteiger partial charge in [0.25, 0.3) is 0 Å². The second kappa shape index (κ2) is 9.21. The van der Waals surface area contributed by atoms with E-state index in [1.807, 2.05) is 72.8 Å². The summed E-state index contributed by atoms with van der Waals surface area (Å²) in [6, 6.07) is 24.1. The van der Waals surface area contributed by atoms with Crippen LogP contribution in [0.15, 0.2) is 102 Å². The third kappa shape index (κ3) is 4.87. The Balaban J connectivity index is 1.87. The first-order chi connectivity index (χ1) is 13.7. The molecule has 3 nitrogen and oxygen atoms in total. The molecule has 0 aromatic heterocycles. The normalized spacial score (nSPS) is 14.3. The number of allylic oxidation sites excluding steroid dienone is 6. The molecule has 3 heteroatoms. The van der Waals surface area contributed by atoms with Crippen molar-refractivity contribution in [2.45, 2.75) is 19.3 Å². The van der Waals surface area contributed by atoms with E-state index in [4.69, 9.17) is 4.74 Å². The lowest BCUT2D eigenvalue weighted by Crippen LogP contribution is -2.04. The first-order valence-electron chi connectivity index (χ1n) is 9.12. The molecule has 28 heavy (non-hydrogen) atoms. The molecule has 136 valence electrons. The second-order valence-electron chi connectivity index (χ2n) is 6.57. The van der Waals surface area contributed by atoms with Gasteiger partial charge in [0.15, 0.2) is 0 Å². The molecule has 0 saturated carbocycles. The van der Waals surface area contributed by atoms with Crippen LogP contribution in [0.4, 0.5) is 0 Å².